The van der Waals surface area contributed by atoms with Gasteiger partial charge in [0.2, 0.25) is 0 Å². The SMILES string of the molecule is CC.CC.CC.CC.CC.CC.CC.CC.CC.CC.CC.CC.CC.CC.CC.CCn1c2cc(Cc3cccc4c5c6c(ccc5n(CC)c34)Cc3ccccc3-6)ccc2c2c3c(ccc21)Cc1ccccc1-3.CCn1c2ccc3c(c2c2cccc(Cc4cccc5c6c7c(ccc6n(CC)c45)Cc4ccccc4-7)c21)-c1ccccc1C3.CCn1c2ccccc2c2c3c(ccc21)Cc1ccccc1-3. The van der Waals surface area contributed by atoms with Gasteiger partial charge in [0, 0.05) is 132 Å². The molecule has 0 aliphatic heterocycles. The van der Waals surface area contributed by atoms with E-state index in [1.165, 1.54) is 243 Å². The third kappa shape index (κ3) is 21.0. The van der Waals surface area contributed by atoms with Crippen molar-refractivity contribution < 1.29 is 0 Å². The van der Waals surface area contributed by atoms with E-state index in [0.717, 1.165) is 77.7 Å². The van der Waals surface area contributed by atoms with Crippen LogP contribution >= 0.6 is 0 Å². The molecule has 20 aromatic rings. The highest BCUT2D eigenvalue weighted by molar-refractivity contribution is 6.22. The van der Waals surface area contributed by atoms with E-state index in [9.17, 15) is 0 Å². The Labute approximate surface area is 858 Å². The molecule has 15 aromatic carbocycles. The molecule has 0 N–H and O–H groups in total. The highest BCUT2D eigenvalue weighted by Gasteiger charge is 2.32. The van der Waals surface area contributed by atoms with Crippen LogP contribution in [0.25, 0.3) is 165 Å². The first kappa shape index (κ1) is 115. The Balaban J connectivity index is 0.000000238. The van der Waals surface area contributed by atoms with Crippen molar-refractivity contribution in [2.24, 2.45) is 0 Å². The van der Waals surface area contributed by atoms with Gasteiger partial charge in [-0.3, -0.25) is 0 Å². The molecule has 142 heavy (non-hydrogen) atoms. The largest absolute Gasteiger partial charge is 0.341 e. The second-order valence-electron chi connectivity index (χ2n) is 32.0. The number of nitrogens with zero attached hydrogens (tertiary/aromatic N) is 5. The van der Waals surface area contributed by atoms with E-state index in [2.05, 4.69) is 337 Å². The molecular formula is C137H175N5. The second-order valence-corrected chi connectivity index (χ2v) is 32.0. The summed E-state index contributed by atoms with van der Waals surface area (Å²) in [5.74, 6) is 0. The van der Waals surface area contributed by atoms with Gasteiger partial charge in [-0.05, 0) is 249 Å². The minimum atomic E-state index is 0.902. The fraction of sp³-hybridized carbons (Fsp3) is 0.343. The summed E-state index contributed by atoms with van der Waals surface area (Å²) in [6.07, 6.45) is 6.98. The Bertz CT molecular complexity index is 7270. The summed E-state index contributed by atoms with van der Waals surface area (Å²) in [5, 5.41) is 14.0. The van der Waals surface area contributed by atoms with Crippen molar-refractivity contribution >= 4 is 109 Å². The van der Waals surface area contributed by atoms with Gasteiger partial charge < -0.3 is 22.8 Å². The first-order chi connectivity index (χ1) is 70.4. The Hall–Kier alpha value is -12.7. The van der Waals surface area contributed by atoms with Gasteiger partial charge in [0.15, 0.2) is 0 Å². The van der Waals surface area contributed by atoms with Crippen molar-refractivity contribution in [3.63, 3.8) is 0 Å². The van der Waals surface area contributed by atoms with Crippen LogP contribution in [0.3, 0.4) is 0 Å². The van der Waals surface area contributed by atoms with Crippen LogP contribution in [0.15, 0.2) is 279 Å². The number of para-hydroxylation sites is 4. The van der Waals surface area contributed by atoms with Crippen LogP contribution in [-0.2, 0) is 77.7 Å². The summed E-state index contributed by atoms with van der Waals surface area (Å²) in [6.45, 7) is 76.2. The smallest absolute Gasteiger partial charge is 0.0527 e. The number of rotatable bonds is 9. The number of hydrogen-bond donors (Lipinski definition) is 0. The predicted octanol–water partition coefficient (Wildman–Crippen LogP) is 42.1. The summed E-state index contributed by atoms with van der Waals surface area (Å²) >= 11 is 0. The molecule has 0 unspecified atom stereocenters. The summed E-state index contributed by atoms with van der Waals surface area (Å²) in [7, 11) is 0. The summed E-state index contributed by atoms with van der Waals surface area (Å²) in [6, 6.07) is 105. The molecule has 0 bridgehead atoms. The van der Waals surface area contributed by atoms with Crippen LogP contribution in [0.4, 0.5) is 0 Å². The molecule has 5 nitrogen and oxygen atoms in total. The van der Waals surface area contributed by atoms with E-state index < -0.39 is 0 Å². The lowest BCUT2D eigenvalue weighted by molar-refractivity contribution is 0.818. The summed E-state index contributed by atoms with van der Waals surface area (Å²) in [4.78, 5) is 0. The normalized spacial score (nSPS) is 11.0. The van der Waals surface area contributed by atoms with E-state index >= 15 is 0 Å². The predicted molar refractivity (Wildman–Crippen MR) is 643 cm³/mol. The van der Waals surface area contributed by atoms with Crippen LogP contribution in [0.2, 0.25) is 0 Å². The highest BCUT2D eigenvalue weighted by atomic mass is 15.0. The third-order valence-electron chi connectivity index (χ3n) is 26.6. The van der Waals surface area contributed by atoms with Crippen molar-refractivity contribution in [2.45, 2.75) is 320 Å². The van der Waals surface area contributed by atoms with Crippen molar-refractivity contribution in [2.75, 3.05) is 0 Å². The molecule has 0 fully saturated rings. The van der Waals surface area contributed by atoms with Crippen LogP contribution in [0.5, 0.6) is 0 Å². The Morgan fingerprint density at radius 3 is 0.662 bits per heavy atom. The molecule has 25 rings (SSSR count). The molecule has 5 aliphatic carbocycles. The van der Waals surface area contributed by atoms with Crippen molar-refractivity contribution in [3.05, 3.63) is 357 Å². The number of hydrogen-bond acceptors (Lipinski definition) is 0. The Kier molecular flexibility index (Phi) is 45.4. The molecule has 0 atom stereocenters. The second kappa shape index (κ2) is 56.2. The highest BCUT2D eigenvalue weighted by Crippen LogP contribution is 2.52. The maximum atomic E-state index is 2.57. The first-order valence-corrected chi connectivity index (χ1v) is 56.0. The summed E-state index contributed by atoms with van der Waals surface area (Å²) < 4.78 is 12.7. The average molecular weight is 1890 g/mol. The van der Waals surface area contributed by atoms with Gasteiger partial charge in [-0.2, -0.15) is 0 Å². The molecule has 0 saturated heterocycles. The monoisotopic (exact) mass is 1890 g/mol. The maximum absolute atomic E-state index is 2.57. The van der Waals surface area contributed by atoms with Crippen LogP contribution in [-0.4, -0.2) is 22.8 Å². The van der Waals surface area contributed by atoms with Gasteiger partial charge in [0.05, 0.1) is 16.6 Å². The van der Waals surface area contributed by atoms with Gasteiger partial charge in [-0.15, -0.1) is 0 Å². The average Bonchev–Trinajstić information content (AvgIpc) is 1.57. The lowest BCUT2D eigenvalue weighted by Gasteiger charge is -2.12. The zero-order valence-electron chi connectivity index (χ0n) is 94.3. The molecule has 5 heteroatoms. The lowest BCUT2D eigenvalue weighted by atomic mass is 9.96. The molecule has 5 heterocycles. The van der Waals surface area contributed by atoms with Gasteiger partial charge in [0.1, 0.15) is 0 Å². The maximum Gasteiger partial charge on any atom is 0.0527 e. The van der Waals surface area contributed by atoms with Crippen LogP contribution < -0.4 is 0 Å². The van der Waals surface area contributed by atoms with Gasteiger partial charge in [0.25, 0.3) is 0 Å². The Morgan fingerprint density at radius 1 is 0.169 bits per heavy atom. The van der Waals surface area contributed by atoms with E-state index in [1.807, 2.05) is 208 Å². The third-order valence-corrected chi connectivity index (χ3v) is 26.6. The first-order valence-electron chi connectivity index (χ1n) is 56.0. The molecule has 748 valence electrons. The quantitative estimate of drug-likeness (QED) is 0.138. The van der Waals surface area contributed by atoms with E-state index in [0.29, 0.717) is 0 Å². The zero-order chi connectivity index (χ0) is 104. The molecule has 5 aromatic heterocycles. The van der Waals surface area contributed by atoms with Crippen LogP contribution in [0.1, 0.15) is 320 Å². The fourth-order valence-electron chi connectivity index (χ4n) is 22.1. The van der Waals surface area contributed by atoms with Crippen LogP contribution in [0, 0.1) is 0 Å². The topological polar surface area (TPSA) is 24.6 Å². The van der Waals surface area contributed by atoms with Gasteiger partial charge in [-0.1, -0.05) is 444 Å². The van der Waals surface area contributed by atoms with E-state index in [4.69, 9.17) is 0 Å². The minimum Gasteiger partial charge on any atom is -0.341 e. The lowest BCUT2D eigenvalue weighted by Crippen LogP contribution is -2.01. The molecular weight excluding hydrogens is 1720 g/mol. The minimum absolute atomic E-state index is 0.902. The van der Waals surface area contributed by atoms with Crippen molar-refractivity contribution in [1.29, 1.82) is 0 Å². The van der Waals surface area contributed by atoms with E-state index in [-0.39, 0.29) is 0 Å². The number of aryl methyl sites for hydroxylation is 5. The Morgan fingerprint density at radius 2 is 0.387 bits per heavy atom. The standard InChI is InChI=1S/2C43H34N2.C21H17N.15C2H6/c1-3-44-36-21-19-28-23-26-11-5-7-15-32(26)38(28)40(36)34-17-9-13-30(42(34)44)25-31-14-10-18-35-41-37(45(4-2)43(31)35)22-20-29-24-27-12-6-8-16-33(27)39(29)41;1-3-44-36-20-17-29-24-27-10-5-7-13-32(27)39(29)41(36)34-19-16-26(23-38(34)44)22-31-12-9-15-35-42-37(45(4-2)43(31)35)21-18-30-25-28-11-6-8-14-33(28)40(30)42;1-2-22-18-10-6-5-9-17(18)21-19(22)12-11-15-13-14-7-3-4-8-16(14)20(15)21;15*1-2/h5-22H,3-4,23-25H2,1-2H3;5-21,23H,3-4,22,24-25H2,1-2H3;3-12H,2,13H2,1H3;15*1-2H3. The molecule has 0 amide bonds. The molecule has 0 spiro atoms. The summed E-state index contributed by atoms with van der Waals surface area (Å²) in [5.41, 5.74) is 48.0. The molecule has 0 saturated carbocycles. The number of aromatic nitrogens is 5. The zero-order valence-corrected chi connectivity index (χ0v) is 94.3. The fourth-order valence-corrected chi connectivity index (χ4v) is 22.1. The number of fused-ring (bicyclic) bond motifs is 35. The van der Waals surface area contributed by atoms with Crippen molar-refractivity contribution in [1.82, 2.24) is 22.8 Å². The molecule has 5 aliphatic rings. The number of benzene rings is 15. The van der Waals surface area contributed by atoms with Gasteiger partial charge in [-0.25, -0.2) is 0 Å². The van der Waals surface area contributed by atoms with Crippen molar-refractivity contribution in [3.8, 4) is 55.6 Å². The van der Waals surface area contributed by atoms with E-state index in [1.54, 1.807) is 0 Å². The van der Waals surface area contributed by atoms with Gasteiger partial charge >= 0.3 is 0 Å². The molecule has 0 radical (unpaired) electrons.